The van der Waals surface area contributed by atoms with E-state index in [9.17, 15) is 9.59 Å². The van der Waals surface area contributed by atoms with Crippen molar-refractivity contribution in [3.8, 4) is 0 Å². The fourth-order valence-electron chi connectivity index (χ4n) is 4.33. The van der Waals surface area contributed by atoms with Crippen LogP contribution in [0.15, 0.2) is 41.6 Å². The van der Waals surface area contributed by atoms with E-state index in [-0.39, 0.29) is 18.5 Å². The Labute approximate surface area is 197 Å². The minimum absolute atomic E-state index is 0.0293. The topological polar surface area (TPSA) is 68.2 Å². The van der Waals surface area contributed by atoms with E-state index in [0.29, 0.717) is 36.6 Å². The number of rotatable bonds is 3. The van der Waals surface area contributed by atoms with Gasteiger partial charge in [0.05, 0.1) is 17.9 Å². The number of oxime groups is 1. The van der Waals surface area contributed by atoms with Crippen LogP contribution in [-0.4, -0.2) is 48.8 Å². The van der Waals surface area contributed by atoms with Crippen LogP contribution in [0, 0.1) is 19.8 Å². The predicted molar refractivity (Wildman–Crippen MR) is 130 cm³/mol. The maximum Gasteiger partial charge on any atom is 0.338 e. The van der Waals surface area contributed by atoms with Crippen LogP contribution in [0.25, 0.3) is 0 Å². The maximum absolute atomic E-state index is 12.9. The quantitative estimate of drug-likeness (QED) is 0.370. The summed E-state index contributed by atoms with van der Waals surface area (Å²) in [6, 6.07) is 3.99. The number of aryl methyl sites for hydroxylation is 2. The first-order valence-corrected chi connectivity index (χ1v) is 12.0. The second-order valence-electron chi connectivity index (χ2n) is 9.06. The second kappa shape index (κ2) is 12.4. The molecule has 0 bridgehead atoms. The van der Waals surface area contributed by atoms with Gasteiger partial charge in [0, 0.05) is 19.5 Å². The summed E-state index contributed by atoms with van der Waals surface area (Å²) in [5.74, 6) is 0.0170. The van der Waals surface area contributed by atoms with E-state index in [1.807, 2.05) is 37.0 Å². The van der Waals surface area contributed by atoms with Gasteiger partial charge in [-0.3, -0.25) is 4.79 Å². The molecule has 3 rings (SSSR count). The Morgan fingerprint density at radius 1 is 1.18 bits per heavy atom. The van der Waals surface area contributed by atoms with Gasteiger partial charge in [-0.15, -0.1) is 0 Å². The van der Waals surface area contributed by atoms with E-state index in [0.717, 1.165) is 49.0 Å². The smallest absolute Gasteiger partial charge is 0.338 e. The molecule has 1 amide bonds. The lowest BCUT2D eigenvalue weighted by Gasteiger charge is -2.26. The number of fused-ring (bicyclic) bond motifs is 1. The Kier molecular flexibility index (Phi) is 9.28. The summed E-state index contributed by atoms with van der Waals surface area (Å²) < 4.78 is 5.55. The Morgan fingerprint density at radius 3 is 2.76 bits per heavy atom. The number of cyclic esters (lactones) is 1. The summed E-state index contributed by atoms with van der Waals surface area (Å²) in [6.07, 6.45) is 13.5. The summed E-state index contributed by atoms with van der Waals surface area (Å²) in [6.45, 7) is 7.95. The molecular weight excluding hydrogens is 416 g/mol. The van der Waals surface area contributed by atoms with E-state index >= 15 is 0 Å². The van der Waals surface area contributed by atoms with Gasteiger partial charge in [0.2, 0.25) is 0 Å². The second-order valence-corrected chi connectivity index (χ2v) is 9.06. The molecule has 1 fully saturated rings. The lowest BCUT2D eigenvalue weighted by Crippen LogP contribution is -2.37. The van der Waals surface area contributed by atoms with Crippen LogP contribution < -0.4 is 0 Å². The molecule has 0 radical (unpaired) electrons. The fourth-order valence-corrected chi connectivity index (χ4v) is 4.33. The molecule has 6 nitrogen and oxygen atoms in total. The standard InChI is InChI=1S/C27H36N2O4/c1-20-10-5-8-15-32-27(31)26-22(3)16-21(2)17-23(26)18-24(12-9-11-20)28-33-19-25(30)29-13-6-4-7-14-29/h5,9-10,12,16-17,20H,4,6-8,11,13-15,18-19H2,1-3H3/b10-5?,12-9+,28-24+. The molecule has 33 heavy (non-hydrogen) atoms. The minimum atomic E-state index is -0.314. The van der Waals surface area contributed by atoms with Gasteiger partial charge in [0.1, 0.15) is 0 Å². The number of hydrogen-bond donors (Lipinski definition) is 0. The molecule has 0 aliphatic carbocycles. The fraction of sp³-hybridized carbons (Fsp3) is 0.519. The molecule has 0 saturated carbocycles. The first-order chi connectivity index (χ1) is 15.9. The van der Waals surface area contributed by atoms with Crippen molar-refractivity contribution in [3.05, 3.63) is 58.7 Å². The Balaban J connectivity index is 1.83. The lowest BCUT2D eigenvalue weighted by molar-refractivity contribution is -0.137. The highest BCUT2D eigenvalue weighted by atomic mass is 16.6. The molecule has 178 valence electrons. The molecule has 2 heterocycles. The van der Waals surface area contributed by atoms with Crippen molar-refractivity contribution in [1.82, 2.24) is 4.90 Å². The van der Waals surface area contributed by atoms with Crippen molar-refractivity contribution in [3.63, 3.8) is 0 Å². The third-order valence-electron chi connectivity index (χ3n) is 6.02. The molecule has 1 aromatic rings. The molecule has 0 N–H and O–H groups in total. The molecule has 1 aromatic carbocycles. The maximum atomic E-state index is 12.9. The zero-order valence-corrected chi connectivity index (χ0v) is 20.1. The summed E-state index contributed by atoms with van der Waals surface area (Å²) in [4.78, 5) is 32.7. The zero-order valence-electron chi connectivity index (χ0n) is 20.1. The van der Waals surface area contributed by atoms with Crippen LogP contribution in [0.4, 0.5) is 0 Å². The average Bonchev–Trinajstić information content (AvgIpc) is 2.78. The van der Waals surface area contributed by atoms with Crippen molar-refractivity contribution in [2.45, 2.75) is 59.3 Å². The molecule has 2 aliphatic heterocycles. The van der Waals surface area contributed by atoms with Crippen LogP contribution in [0.1, 0.15) is 66.1 Å². The van der Waals surface area contributed by atoms with Gasteiger partial charge in [0.15, 0.2) is 6.61 Å². The number of allylic oxidation sites excluding steroid dienone is 3. The minimum Gasteiger partial charge on any atom is -0.462 e. The summed E-state index contributed by atoms with van der Waals surface area (Å²) in [5, 5.41) is 4.31. The van der Waals surface area contributed by atoms with Gasteiger partial charge in [-0.2, -0.15) is 0 Å². The molecule has 1 unspecified atom stereocenters. The van der Waals surface area contributed by atoms with Crippen molar-refractivity contribution in [1.29, 1.82) is 0 Å². The summed E-state index contributed by atoms with van der Waals surface area (Å²) >= 11 is 0. The van der Waals surface area contributed by atoms with Gasteiger partial charge >= 0.3 is 5.97 Å². The van der Waals surface area contributed by atoms with Crippen molar-refractivity contribution in [2.24, 2.45) is 11.1 Å². The lowest BCUT2D eigenvalue weighted by atomic mass is 9.94. The number of carbonyl (C=O) groups excluding carboxylic acids is 2. The Morgan fingerprint density at radius 2 is 1.97 bits per heavy atom. The summed E-state index contributed by atoms with van der Waals surface area (Å²) in [7, 11) is 0. The van der Waals surface area contributed by atoms with E-state index in [2.05, 4.69) is 30.3 Å². The SMILES string of the molecule is Cc1cc(C)c2c(c1)CC(=N/OCC(=O)N1CCCCC1)/C=C/CC(C)C=CCCOC2=O. The van der Waals surface area contributed by atoms with Gasteiger partial charge in [0.25, 0.3) is 5.91 Å². The van der Waals surface area contributed by atoms with Gasteiger partial charge in [-0.05, 0) is 69.1 Å². The summed E-state index contributed by atoms with van der Waals surface area (Å²) in [5.41, 5.74) is 4.07. The molecule has 1 atom stereocenters. The third-order valence-corrected chi connectivity index (χ3v) is 6.02. The highest BCUT2D eigenvalue weighted by molar-refractivity contribution is 6.00. The largest absolute Gasteiger partial charge is 0.462 e. The first kappa shape index (κ1) is 24.7. The van der Waals surface area contributed by atoms with Crippen LogP contribution in [0.3, 0.4) is 0 Å². The van der Waals surface area contributed by atoms with Gasteiger partial charge < -0.3 is 14.5 Å². The van der Waals surface area contributed by atoms with Crippen LogP contribution in [-0.2, 0) is 20.8 Å². The number of benzene rings is 1. The average molecular weight is 453 g/mol. The highest BCUT2D eigenvalue weighted by Crippen LogP contribution is 2.21. The van der Waals surface area contributed by atoms with E-state index in [1.165, 1.54) is 6.42 Å². The number of nitrogens with zero attached hydrogens (tertiary/aromatic N) is 2. The number of ether oxygens (including phenoxy) is 1. The number of likely N-dealkylation sites (tertiary alicyclic amines) is 1. The zero-order chi connectivity index (χ0) is 23.6. The predicted octanol–water partition coefficient (Wildman–Crippen LogP) is 4.93. The monoisotopic (exact) mass is 452 g/mol. The number of carbonyl (C=O) groups is 2. The van der Waals surface area contributed by atoms with E-state index in [4.69, 9.17) is 9.57 Å². The van der Waals surface area contributed by atoms with Crippen LogP contribution >= 0.6 is 0 Å². The third kappa shape index (κ3) is 7.58. The molecule has 0 aromatic heterocycles. The molecule has 1 saturated heterocycles. The first-order valence-electron chi connectivity index (χ1n) is 12.0. The van der Waals surface area contributed by atoms with Crippen molar-refractivity contribution < 1.29 is 19.2 Å². The molecular formula is C27H36N2O4. The molecule has 6 heteroatoms. The Bertz CT molecular complexity index is 926. The van der Waals surface area contributed by atoms with E-state index < -0.39 is 0 Å². The highest BCUT2D eigenvalue weighted by Gasteiger charge is 2.19. The van der Waals surface area contributed by atoms with Gasteiger partial charge in [-0.1, -0.05) is 48.0 Å². The van der Waals surface area contributed by atoms with E-state index in [1.54, 1.807) is 0 Å². The number of amides is 1. The number of piperidine rings is 1. The number of hydrogen-bond acceptors (Lipinski definition) is 5. The molecule has 0 spiro atoms. The molecule has 2 aliphatic rings. The normalized spacial score (nSPS) is 22.3. The van der Waals surface area contributed by atoms with Crippen molar-refractivity contribution in [2.75, 3.05) is 26.3 Å². The van der Waals surface area contributed by atoms with Gasteiger partial charge in [-0.25, -0.2) is 4.79 Å². The van der Waals surface area contributed by atoms with Crippen molar-refractivity contribution >= 4 is 17.6 Å². The van der Waals surface area contributed by atoms with Crippen LogP contribution in [0.5, 0.6) is 0 Å². The Hall–Kier alpha value is -2.89. The number of esters is 1. The van der Waals surface area contributed by atoms with Crippen LogP contribution in [0.2, 0.25) is 0 Å².